The summed E-state index contributed by atoms with van der Waals surface area (Å²) in [5.41, 5.74) is 3.28. The van der Waals surface area contributed by atoms with Crippen LogP contribution in [0.2, 0.25) is 5.02 Å². The van der Waals surface area contributed by atoms with E-state index in [2.05, 4.69) is 4.98 Å². The number of carbonyl (C=O) groups excluding carboxylic acids is 1. The van der Waals surface area contributed by atoms with Crippen molar-refractivity contribution in [3.63, 3.8) is 0 Å². The van der Waals surface area contributed by atoms with Crippen molar-refractivity contribution in [1.82, 2.24) is 4.98 Å². The molecule has 0 radical (unpaired) electrons. The zero-order valence-corrected chi connectivity index (χ0v) is 12.0. The fraction of sp³-hybridized carbons (Fsp3) is 0.188. The second-order valence-electron chi connectivity index (χ2n) is 4.72. The molecule has 0 amide bonds. The van der Waals surface area contributed by atoms with Crippen molar-refractivity contribution in [2.75, 3.05) is 6.61 Å². The molecule has 1 aromatic heterocycles. The zero-order chi connectivity index (χ0) is 14.3. The van der Waals surface area contributed by atoms with Gasteiger partial charge in [0.2, 0.25) is 0 Å². The topological polar surface area (TPSA) is 42.1 Å². The highest BCUT2D eigenvalue weighted by Crippen LogP contribution is 2.31. The van der Waals surface area contributed by atoms with Crippen molar-refractivity contribution in [1.29, 1.82) is 0 Å². The average molecular weight is 288 g/mol. The lowest BCUT2D eigenvalue weighted by Gasteiger charge is -2.02. The lowest BCUT2D eigenvalue weighted by atomic mass is 10.1. The Hall–Kier alpha value is -2.00. The van der Waals surface area contributed by atoms with Crippen molar-refractivity contribution < 1.29 is 9.53 Å². The molecule has 1 heterocycles. The molecule has 0 unspecified atom stereocenters. The molecular formula is C16H14ClNO2. The van der Waals surface area contributed by atoms with Gasteiger partial charge in [0, 0.05) is 21.3 Å². The van der Waals surface area contributed by atoms with E-state index in [0.29, 0.717) is 17.2 Å². The maximum atomic E-state index is 12.0. The summed E-state index contributed by atoms with van der Waals surface area (Å²) in [7, 11) is 0. The number of carbonyl (C=O) groups is 1. The maximum Gasteiger partial charge on any atom is 0.340 e. The molecule has 20 heavy (non-hydrogen) atoms. The first-order valence-corrected chi connectivity index (χ1v) is 6.87. The molecular weight excluding hydrogens is 274 g/mol. The minimum absolute atomic E-state index is 0.313. The van der Waals surface area contributed by atoms with Crippen LogP contribution >= 0.6 is 11.6 Å². The highest BCUT2D eigenvalue weighted by Gasteiger charge is 2.15. The second-order valence-corrected chi connectivity index (χ2v) is 5.13. The summed E-state index contributed by atoms with van der Waals surface area (Å²) in [4.78, 5) is 15.3. The van der Waals surface area contributed by atoms with E-state index in [1.54, 1.807) is 13.0 Å². The summed E-state index contributed by atoms with van der Waals surface area (Å²) in [6.07, 6.45) is 0. The first-order valence-electron chi connectivity index (χ1n) is 6.49. The maximum absolute atomic E-state index is 12.0. The van der Waals surface area contributed by atoms with Crippen LogP contribution in [0.25, 0.3) is 21.8 Å². The zero-order valence-electron chi connectivity index (χ0n) is 11.3. The van der Waals surface area contributed by atoms with Crippen molar-refractivity contribution in [2.45, 2.75) is 13.8 Å². The molecule has 0 aliphatic heterocycles. The Labute approximate surface area is 121 Å². The molecule has 0 spiro atoms. The second kappa shape index (κ2) is 4.84. The van der Waals surface area contributed by atoms with Crippen LogP contribution < -0.4 is 0 Å². The highest BCUT2D eigenvalue weighted by atomic mass is 35.5. The minimum atomic E-state index is -0.313. The fourth-order valence-electron chi connectivity index (χ4n) is 2.43. The smallest absolute Gasteiger partial charge is 0.340 e. The summed E-state index contributed by atoms with van der Waals surface area (Å²) in [6.45, 7) is 4.13. The molecule has 0 atom stereocenters. The molecule has 0 fully saturated rings. The normalized spacial score (nSPS) is 11.2. The standard InChI is InChI=1S/C16H14ClNO2/c1-3-20-16(19)11-6-4-5-10-12-7-9(2)13(17)8-14(12)18-15(10)11/h4-8,18H,3H2,1-2H3. The number of aromatic amines is 1. The third-order valence-corrected chi connectivity index (χ3v) is 3.82. The number of aromatic nitrogens is 1. The summed E-state index contributed by atoms with van der Waals surface area (Å²) < 4.78 is 5.09. The number of rotatable bonds is 2. The van der Waals surface area contributed by atoms with Crippen LogP contribution in [-0.2, 0) is 4.74 Å². The largest absolute Gasteiger partial charge is 0.462 e. The molecule has 3 nitrogen and oxygen atoms in total. The number of benzene rings is 2. The Balaban J connectivity index is 2.33. The predicted molar refractivity (Wildman–Crippen MR) is 81.5 cm³/mol. The number of H-pyrrole nitrogens is 1. The number of nitrogens with one attached hydrogen (secondary N) is 1. The van der Waals surface area contributed by atoms with Gasteiger partial charge in [-0.3, -0.25) is 0 Å². The quantitative estimate of drug-likeness (QED) is 0.707. The van der Waals surface area contributed by atoms with Crippen molar-refractivity contribution >= 4 is 39.4 Å². The lowest BCUT2D eigenvalue weighted by molar-refractivity contribution is 0.0528. The van der Waals surface area contributed by atoms with Gasteiger partial charge in [0.1, 0.15) is 0 Å². The van der Waals surface area contributed by atoms with E-state index in [9.17, 15) is 4.79 Å². The molecule has 102 valence electrons. The van der Waals surface area contributed by atoms with E-state index in [1.165, 1.54) is 0 Å². The van der Waals surface area contributed by atoms with Crippen LogP contribution in [0.4, 0.5) is 0 Å². The average Bonchev–Trinajstić information content (AvgIpc) is 2.77. The molecule has 1 N–H and O–H groups in total. The molecule has 2 aromatic carbocycles. The Morgan fingerprint density at radius 3 is 2.85 bits per heavy atom. The number of aryl methyl sites for hydroxylation is 1. The Kier molecular flexibility index (Phi) is 3.14. The molecule has 0 aliphatic carbocycles. The van der Waals surface area contributed by atoms with E-state index in [-0.39, 0.29) is 5.97 Å². The molecule has 0 aliphatic rings. The van der Waals surface area contributed by atoms with Crippen molar-refractivity contribution in [3.8, 4) is 0 Å². The number of fused-ring (bicyclic) bond motifs is 3. The van der Waals surface area contributed by atoms with Crippen LogP contribution in [0.15, 0.2) is 30.3 Å². The van der Waals surface area contributed by atoms with E-state index < -0.39 is 0 Å². The summed E-state index contributed by atoms with van der Waals surface area (Å²) in [5.74, 6) is -0.313. The Morgan fingerprint density at radius 1 is 1.30 bits per heavy atom. The summed E-state index contributed by atoms with van der Waals surface area (Å²) >= 11 is 6.16. The van der Waals surface area contributed by atoms with Gasteiger partial charge in [0.05, 0.1) is 17.7 Å². The molecule has 4 heteroatoms. The van der Waals surface area contributed by atoms with Gasteiger partial charge in [-0.15, -0.1) is 0 Å². The Bertz CT molecular complexity index is 820. The third-order valence-electron chi connectivity index (χ3n) is 3.41. The van der Waals surface area contributed by atoms with Gasteiger partial charge in [-0.1, -0.05) is 23.7 Å². The van der Waals surface area contributed by atoms with Gasteiger partial charge in [-0.2, -0.15) is 0 Å². The first-order chi connectivity index (χ1) is 9.61. The number of para-hydroxylation sites is 1. The van der Waals surface area contributed by atoms with Gasteiger partial charge >= 0.3 is 5.97 Å². The van der Waals surface area contributed by atoms with E-state index in [1.807, 2.05) is 31.2 Å². The van der Waals surface area contributed by atoms with Crippen LogP contribution in [0.1, 0.15) is 22.8 Å². The predicted octanol–water partition coefficient (Wildman–Crippen LogP) is 4.46. The first kappa shape index (κ1) is 13.0. The van der Waals surface area contributed by atoms with Crippen LogP contribution in [-0.4, -0.2) is 17.6 Å². The monoisotopic (exact) mass is 287 g/mol. The number of halogens is 1. The van der Waals surface area contributed by atoms with Crippen LogP contribution in [0, 0.1) is 6.92 Å². The lowest BCUT2D eigenvalue weighted by Crippen LogP contribution is -2.05. The minimum Gasteiger partial charge on any atom is -0.462 e. The van der Waals surface area contributed by atoms with Gasteiger partial charge in [0.15, 0.2) is 0 Å². The molecule has 0 saturated carbocycles. The molecule has 0 saturated heterocycles. The summed E-state index contributed by atoms with van der Waals surface area (Å²) in [5, 5.41) is 2.78. The fourth-order valence-corrected chi connectivity index (χ4v) is 2.60. The Morgan fingerprint density at radius 2 is 2.10 bits per heavy atom. The highest BCUT2D eigenvalue weighted by molar-refractivity contribution is 6.32. The van der Waals surface area contributed by atoms with E-state index in [0.717, 1.165) is 27.4 Å². The van der Waals surface area contributed by atoms with Gasteiger partial charge in [-0.25, -0.2) is 4.79 Å². The van der Waals surface area contributed by atoms with Gasteiger partial charge in [0.25, 0.3) is 0 Å². The number of hydrogen-bond donors (Lipinski definition) is 1. The van der Waals surface area contributed by atoms with Crippen LogP contribution in [0.3, 0.4) is 0 Å². The van der Waals surface area contributed by atoms with Crippen LogP contribution in [0.5, 0.6) is 0 Å². The van der Waals surface area contributed by atoms with Gasteiger partial charge in [-0.05, 0) is 37.6 Å². The van der Waals surface area contributed by atoms with Crippen molar-refractivity contribution in [2.24, 2.45) is 0 Å². The van der Waals surface area contributed by atoms with E-state index >= 15 is 0 Å². The van der Waals surface area contributed by atoms with Crippen molar-refractivity contribution in [3.05, 3.63) is 46.5 Å². The SMILES string of the molecule is CCOC(=O)c1cccc2c1[nH]c1cc(Cl)c(C)cc12. The molecule has 3 rings (SSSR count). The summed E-state index contributed by atoms with van der Waals surface area (Å²) in [6, 6.07) is 9.55. The number of esters is 1. The van der Waals surface area contributed by atoms with E-state index in [4.69, 9.17) is 16.3 Å². The van der Waals surface area contributed by atoms with Gasteiger partial charge < -0.3 is 9.72 Å². The molecule has 0 bridgehead atoms. The molecule has 3 aromatic rings. The third kappa shape index (κ3) is 1.95. The number of hydrogen-bond acceptors (Lipinski definition) is 2. The number of ether oxygens (including phenoxy) is 1.